The van der Waals surface area contributed by atoms with Crippen molar-refractivity contribution in [3.05, 3.63) is 83.3 Å². The summed E-state index contributed by atoms with van der Waals surface area (Å²) in [7, 11) is -3.81. The zero-order valence-electron chi connectivity index (χ0n) is 18.8. The molecule has 7 nitrogen and oxygen atoms in total. The van der Waals surface area contributed by atoms with E-state index in [0.29, 0.717) is 22.7 Å². The van der Waals surface area contributed by atoms with E-state index in [4.69, 9.17) is 4.42 Å². The first kappa shape index (κ1) is 23.3. The number of furan rings is 1. The van der Waals surface area contributed by atoms with Gasteiger partial charge in [0.15, 0.2) is 5.76 Å². The first-order chi connectivity index (χ1) is 15.0. The van der Waals surface area contributed by atoms with Gasteiger partial charge in [0.25, 0.3) is 15.9 Å². The Morgan fingerprint density at radius 3 is 2.28 bits per heavy atom. The fraction of sp³-hybridized carbons (Fsp3) is 0.250. The van der Waals surface area contributed by atoms with Crippen LogP contribution in [0.15, 0.2) is 75.1 Å². The number of nitrogens with one attached hydrogen (secondary N) is 2. The van der Waals surface area contributed by atoms with Crippen molar-refractivity contribution >= 4 is 27.3 Å². The van der Waals surface area contributed by atoms with E-state index in [-0.39, 0.29) is 22.0 Å². The Morgan fingerprint density at radius 1 is 1.00 bits per heavy atom. The van der Waals surface area contributed by atoms with Crippen molar-refractivity contribution in [1.29, 1.82) is 0 Å². The molecular weight excluding hydrogens is 426 g/mol. The highest BCUT2D eigenvalue weighted by molar-refractivity contribution is 7.89. The fourth-order valence-electron chi connectivity index (χ4n) is 2.95. The van der Waals surface area contributed by atoms with Crippen LogP contribution in [0.1, 0.15) is 55.1 Å². The van der Waals surface area contributed by atoms with Gasteiger partial charge in [0, 0.05) is 5.69 Å². The van der Waals surface area contributed by atoms with Gasteiger partial charge in [0.2, 0.25) is 0 Å². The summed E-state index contributed by atoms with van der Waals surface area (Å²) < 4.78 is 30.6. The molecule has 1 amide bonds. The highest BCUT2D eigenvalue weighted by atomic mass is 32.2. The molecule has 0 aliphatic rings. The maximum Gasteiger partial charge on any atom is 0.291 e. The zero-order chi connectivity index (χ0) is 23.5. The van der Waals surface area contributed by atoms with E-state index >= 15 is 0 Å². The molecule has 0 unspecified atom stereocenters. The SMILES string of the molecule is CC(=NNS(=O)(=O)c1ccc(C(C)(C)C)cc1)c1cccc(NC(=O)c2ccc(C)o2)c1. The van der Waals surface area contributed by atoms with Crippen LogP contribution in [0.25, 0.3) is 0 Å². The summed E-state index contributed by atoms with van der Waals surface area (Å²) in [4.78, 5) is 14.7. The van der Waals surface area contributed by atoms with E-state index in [1.165, 1.54) is 0 Å². The molecule has 0 saturated heterocycles. The molecule has 3 aromatic rings. The summed E-state index contributed by atoms with van der Waals surface area (Å²) in [6.45, 7) is 9.64. The monoisotopic (exact) mass is 453 g/mol. The molecule has 32 heavy (non-hydrogen) atoms. The van der Waals surface area contributed by atoms with Gasteiger partial charge in [-0.15, -0.1) is 0 Å². The van der Waals surface area contributed by atoms with E-state index in [1.807, 2.05) is 0 Å². The summed E-state index contributed by atoms with van der Waals surface area (Å²) in [5.74, 6) is 0.486. The molecule has 3 rings (SSSR count). The first-order valence-corrected chi connectivity index (χ1v) is 11.6. The van der Waals surface area contributed by atoms with Gasteiger partial charge in [0.1, 0.15) is 5.76 Å². The largest absolute Gasteiger partial charge is 0.456 e. The van der Waals surface area contributed by atoms with Gasteiger partial charge in [-0.2, -0.15) is 18.4 Å². The van der Waals surface area contributed by atoms with Crippen molar-refractivity contribution in [1.82, 2.24) is 4.83 Å². The van der Waals surface area contributed by atoms with Gasteiger partial charge >= 0.3 is 0 Å². The zero-order valence-corrected chi connectivity index (χ0v) is 19.6. The number of hydrazone groups is 1. The minimum atomic E-state index is -3.81. The lowest BCUT2D eigenvalue weighted by Gasteiger charge is -2.19. The van der Waals surface area contributed by atoms with Crippen LogP contribution in [0.4, 0.5) is 5.69 Å². The van der Waals surface area contributed by atoms with Gasteiger partial charge in [0.05, 0.1) is 10.6 Å². The predicted octanol–water partition coefficient (Wildman–Crippen LogP) is 4.84. The predicted molar refractivity (Wildman–Crippen MR) is 126 cm³/mol. The van der Waals surface area contributed by atoms with Crippen LogP contribution in [0.2, 0.25) is 0 Å². The van der Waals surface area contributed by atoms with Gasteiger partial charge < -0.3 is 9.73 Å². The van der Waals surface area contributed by atoms with Crippen molar-refractivity contribution < 1.29 is 17.6 Å². The minimum Gasteiger partial charge on any atom is -0.456 e. The second-order valence-corrected chi connectivity index (χ2v) is 10.2. The number of carbonyl (C=O) groups is 1. The van der Waals surface area contributed by atoms with E-state index < -0.39 is 10.0 Å². The van der Waals surface area contributed by atoms with Crippen molar-refractivity contribution in [2.45, 2.75) is 44.9 Å². The topological polar surface area (TPSA) is 101 Å². The van der Waals surface area contributed by atoms with Crippen LogP contribution in [0.5, 0.6) is 0 Å². The van der Waals surface area contributed by atoms with E-state index in [2.05, 4.69) is 36.0 Å². The highest BCUT2D eigenvalue weighted by Crippen LogP contribution is 2.23. The summed E-state index contributed by atoms with van der Waals surface area (Å²) in [5, 5.41) is 6.80. The molecular formula is C24H27N3O4S. The molecule has 0 saturated carbocycles. The number of amides is 1. The number of anilines is 1. The third kappa shape index (κ3) is 5.64. The molecule has 0 aliphatic carbocycles. The maximum atomic E-state index is 12.6. The molecule has 1 heterocycles. The van der Waals surface area contributed by atoms with Crippen LogP contribution in [-0.2, 0) is 15.4 Å². The molecule has 2 aromatic carbocycles. The Morgan fingerprint density at radius 2 is 1.69 bits per heavy atom. The lowest BCUT2D eigenvalue weighted by molar-refractivity contribution is 0.0995. The molecule has 0 spiro atoms. The van der Waals surface area contributed by atoms with Crippen molar-refractivity contribution in [2.24, 2.45) is 5.10 Å². The Bertz CT molecular complexity index is 1250. The Labute approximate surface area is 188 Å². The third-order valence-electron chi connectivity index (χ3n) is 4.87. The van der Waals surface area contributed by atoms with Crippen molar-refractivity contribution in [3.8, 4) is 0 Å². The second-order valence-electron chi connectivity index (χ2n) is 8.51. The summed E-state index contributed by atoms with van der Waals surface area (Å²) in [6.07, 6.45) is 0. The lowest BCUT2D eigenvalue weighted by atomic mass is 9.87. The van der Waals surface area contributed by atoms with Crippen LogP contribution in [-0.4, -0.2) is 20.0 Å². The molecule has 0 atom stereocenters. The molecule has 0 bridgehead atoms. The number of benzene rings is 2. The Hall–Kier alpha value is -3.39. The standard InChI is InChI=1S/C24H27N3O4S/c1-16-9-14-22(31-16)23(28)25-20-8-6-7-18(15-20)17(2)26-27-32(29,30)21-12-10-19(11-13-21)24(3,4)5/h6-15,27H,1-5H3,(H,25,28). The summed E-state index contributed by atoms with van der Waals surface area (Å²) in [6, 6.07) is 17.0. The van der Waals surface area contributed by atoms with Crippen LogP contribution < -0.4 is 10.1 Å². The minimum absolute atomic E-state index is 0.0688. The van der Waals surface area contributed by atoms with Crippen LogP contribution in [0, 0.1) is 6.92 Å². The second kappa shape index (κ2) is 9.00. The van der Waals surface area contributed by atoms with Crippen molar-refractivity contribution in [2.75, 3.05) is 5.32 Å². The van der Waals surface area contributed by atoms with Gasteiger partial charge in [-0.3, -0.25) is 4.79 Å². The first-order valence-electron chi connectivity index (χ1n) is 10.1. The van der Waals surface area contributed by atoms with Gasteiger partial charge in [-0.1, -0.05) is 45.0 Å². The van der Waals surface area contributed by atoms with E-state index in [0.717, 1.165) is 5.56 Å². The quantitative estimate of drug-likeness (QED) is 0.412. The van der Waals surface area contributed by atoms with Crippen molar-refractivity contribution in [3.63, 3.8) is 0 Å². The average Bonchev–Trinajstić information content (AvgIpc) is 3.18. The molecule has 2 N–H and O–H groups in total. The summed E-state index contributed by atoms with van der Waals surface area (Å²) >= 11 is 0. The molecule has 0 fully saturated rings. The molecule has 0 aliphatic heterocycles. The normalized spacial score (nSPS) is 12.5. The molecule has 8 heteroatoms. The lowest BCUT2D eigenvalue weighted by Crippen LogP contribution is -2.20. The van der Waals surface area contributed by atoms with Gasteiger partial charge in [-0.25, -0.2) is 0 Å². The number of aryl methyl sites for hydroxylation is 1. The smallest absolute Gasteiger partial charge is 0.291 e. The van der Waals surface area contributed by atoms with E-state index in [9.17, 15) is 13.2 Å². The summed E-state index contributed by atoms with van der Waals surface area (Å²) in [5.41, 5.74) is 2.62. The molecule has 168 valence electrons. The number of sulfonamides is 1. The van der Waals surface area contributed by atoms with Gasteiger partial charge in [-0.05, 0) is 66.8 Å². The maximum absolute atomic E-state index is 12.6. The third-order valence-corrected chi connectivity index (χ3v) is 6.09. The number of rotatable bonds is 6. The number of nitrogens with zero attached hydrogens (tertiary/aromatic N) is 1. The molecule has 1 aromatic heterocycles. The highest BCUT2D eigenvalue weighted by Gasteiger charge is 2.17. The fourth-order valence-corrected chi connectivity index (χ4v) is 3.81. The Balaban J connectivity index is 1.73. The van der Waals surface area contributed by atoms with E-state index in [1.54, 1.807) is 74.5 Å². The average molecular weight is 454 g/mol. The molecule has 0 radical (unpaired) electrons. The van der Waals surface area contributed by atoms with Crippen LogP contribution in [0.3, 0.4) is 0 Å². The number of hydrogen-bond acceptors (Lipinski definition) is 5. The number of carbonyl (C=O) groups excluding carboxylic acids is 1. The Kier molecular flexibility index (Phi) is 6.55. The number of hydrogen-bond donors (Lipinski definition) is 2. The van der Waals surface area contributed by atoms with Crippen LogP contribution >= 0.6 is 0 Å².